The van der Waals surface area contributed by atoms with Crippen LogP contribution in [0, 0.1) is 0 Å². The smallest absolute Gasteiger partial charge is 0.115 e. The van der Waals surface area contributed by atoms with Crippen molar-refractivity contribution in [3.05, 3.63) is 55.0 Å². The van der Waals surface area contributed by atoms with Crippen molar-refractivity contribution in [3.63, 3.8) is 0 Å². The zero-order valence-corrected chi connectivity index (χ0v) is 9.56. The molecule has 0 aliphatic rings. The van der Waals surface area contributed by atoms with E-state index >= 15 is 0 Å². The maximum Gasteiger partial charge on any atom is 0.115 e. The SMILES string of the molecule is Nc1ccc(-n2cc(-c3cccnc3)nn2)cc1. The average molecular weight is 237 g/mol. The Morgan fingerprint density at radius 1 is 1.06 bits per heavy atom. The number of benzene rings is 1. The third kappa shape index (κ3) is 1.93. The van der Waals surface area contributed by atoms with E-state index in [1.807, 2.05) is 42.6 Å². The van der Waals surface area contributed by atoms with Gasteiger partial charge < -0.3 is 5.73 Å². The highest BCUT2D eigenvalue weighted by Crippen LogP contribution is 2.16. The Kier molecular flexibility index (Phi) is 2.49. The van der Waals surface area contributed by atoms with Crippen LogP contribution in [-0.2, 0) is 0 Å². The molecule has 0 amide bonds. The Hall–Kier alpha value is -2.69. The van der Waals surface area contributed by atoms with Crippen molar-refractivity contribution in [1.29, 1.82) is 0 Å². The highest BCUT2D eigenvalue weighted by Gasteiger charge is 2.04. The molecule has 0 saturated carbocycles. The number of rotatable bonds is 2. The first-order chi connectivity index (χ1) is 8.83. The predicted molar refractivity (Wildman–Crippen MR) is 69.0 cm³/mol. The normalized spacial score (nSPS) is 10.4. The molecule has 0 atom stereocenters. The lowest BCUT2D eigenvalue weighted by Gasteiger charge is -1.99. The van der Waals surface area contributed by atoms with Gasteiger partial charge in [-0.15, -0.1) is 5.10 Å². The minimum absolute atomic E-state index is 0.728. The zero-order chi connectivity index (χ0) is 12.4. The molecule has 0 aliphatic heterocycles. The van der Waals surface area contributed by atoms with Crippen LogP contribution in [-0.4, -0.2) is 20.0 Å². The molecule has 2 aromatic heterocycles. The van der Waals surface area contributed by atoms with Crippen molar-refractivity contribution in [2.75, 3.05) is 5.73 Å². The minimum atomic E-state index is 0.728. The van der Waals surface area contributed by atoms with Gasteiger partial charge in [-0.05, 0) is 36.4 Å². The van der Waals surface area contributed by atoms with Gasteiger partial charge in [-0.1, -0.05) is 5.21 Å². The van der Waals surface area contributed by atoms with Crippen LogP contribution >= 0.6 is 0 Å². The molecule has 0 aliphatic carbocycles. The molecular weight excluding hydrogens is 226 g/mol. The Morgan fingerprint density at radius 2 is 1.89 bits per heavy atom. The van der Waals surface area contributed by atoms with E-state index in [9.17, 15) is 0 Å². The monoisotopic (exact) mass is 237 g/mol. The molecule has 0 unspecified atom stereocenters. The third-order valence-corrected chi connectivity index (χ3v) is 2.61. The van der Waals surface area contributed by atoms with E-state index in [1.165, 1.54) is 0 Å². The van der Waals surface area contributed by atoms with Crippen molar-refractivity contribution < 1.29 is 0 Å². The van der Waals surface area contributed by atoms with Crippen LogP contribution < -0.4 is 5.73 Å². The molecular formula is C13H11N5. The standard InChI is InChI=1S/C13H11N5/c14-11-3-5-12(6-4-11)18-9-13(16-17-18)10-2-1-7-15-8-10/h1-9H,14H2. The summed E-state index contributed by atoms with van der Waals surface area (Å²) in [5.41, 5.74) is 9.03. The van der Waals surface area contributed by atoms with Gasteiger partial charge in [0.25, 0.3) is 0 Å². The lowest BCUT2D eigenvalue weighted by molar-refractivity contribution is 0.804. The van der Waals surface area contributed by atoms with Crippen LogP contribution in [0.15, 0.2) is 55.0 Å². The highest BCUT2D eigenvalue weighted by molar-refractivity contribution is 5.56. The summed E-state index contributed by atoms with van der Waals surface area (Å²) in [6.07, 6.45) is 5.35. The molecule has 2 N–H and O–H groups in total. The fourth-order valence-corrected chi connectivity index (χ4v) is 1.66. The third-order valence-electron chi connectivity index (χ3n) is 2.61. The largest absolute Gasteiger partial charge is 0.399 e. The van der Waals surface area contributed by atoms with Crippen LogP contribution in [0.5, 0.6) is 0 Å². The summed E-state index contributed by atoms with van der Waals surface area (Å²) in [5, 5.41) is 8.22. The number of hydrogen-bond acceptors (Lipinski definition) is 4. The van der Waals surface area contributed by atoms with Crippen molar-refractivity contribution >= 4 is 5.69 Å². The molecule has 3 rings (SSSR count). The van der Waals surface area contributed by atoms with Gasteiger partial charge in [-0.2, -0.15) is 0 Å². The maximum atomic E-state index is 5.65. The molecule has 0 fully saturated rings. The lowest BCUT2D eigenvalue weighted by Crippen LogP contribution is -1.95. The second-order valence-electron chi connectivity index (χ2n) is 3.88. The van der Waals surface area contributed by atoms with Gasteiger partial charge >= 0.3 is 0 Å². The van der Waals surface area contributed by atoms with E-state index in [2.05, 4.69) is 15.3 Å². The summed E-state index contributed by atoms with van der Waals surface area (Å²) in [6.45, 7) is 0. The van der Waals surface area contributed by atoms with Crippen LogP contribution in [0.2, 0.25) is 0 Å². The first-order valence-corrected chi connectivity index (χ1v) is 5.51. The number of nitrogen functional groups attached to an aromatic ring is 1. The van der Waals surface area contributed by atoms with Crippen LogP contribution in [0.3, 0.4) is 0 Å². The van der Waals surface area contributed by atoms with E-state index < -0.39 is 0 Å². The van der Waals surface area contributed by atoms with Gasteiger partial charge in [0.1, 0.15) is 5.69 Å². The molecule has 0 bridgehead atoms. The number of anilines is 1. The quantitative estimate of drug-likeness (QED) is 0.691. The second kappa shape index (κ2) is 4.29. The van der Waals surface area contributed by atoms with Crippen molar-refractivity contribution in [2.45, 2.75) is 0 Å². The van der Waals surface area contributed by atoms with E-state index in [-0.39, 0.29) is 0 Å². The number of nitrogens with zero attached hydrogens (tertiary/aromatic N) is 4. The van der Waals surface area contributed by atoms with Crippen molar-refractivity contribution in [1.82, 2.24) is 20.0 Å². The van der Waals surface area contributed by atoms with Crippen molar-refractivity contribution in [3.8, 4) is 16.9 Å². The number of hydrogen-bond donors (Lipinski definition) is 1. The van der Waals surface area contributed by atoms with Crippen LogP contribution in [0.4, 0.5) is 5.69 Å². The first-order valence-electron chi connectivity index (χ1n) is 5.51. The number of nitrogens with two attached hydrogens (primary N) is 1. The molecule has 0 radical (unpaired) electrons. The van der Waals surface area contributed by atoms with E-state index in [1.54, 1.807) is 17.1 Å². The number of aromatic nitrogens is 4. The zero-order valence-electron chi connectivity index (χ0n) is 9.56. The highest BCUT2D eigenvalue weighted by atomic mass is 15.4. The summed E-state index contributed by atoms with van der Waals surface area (Å²) in [4.78, 5) is 4.06. The first kappa shape index (κ1) is 10.5. The summed E-state index contributed by atoms with van der Waals surface area (Å²) < 4.78 is 1.71. The van der Waals surface area contributed by atoms with Crippen LogP contribution in [0.1, 0.15) is 0 Å². The summed E-state index contributed by atoms with van der Waals surface area (Å²) in [5.74, 6) is 0. The minimum Gasteiger partial charge on any atom is -0.399 e. The molecule has 0 saturated heterocycles. The molecule has 18 heavy (non-hydrogen) atoms. The maximum absolute atomic E-state index is 5.65. The molecule has 3 aromatic rings. The Balaban J connectivity index is 1.97. The van der Waals surface area contributed by atoms with Gasteiger partial charge in [0.05, 0.1) is 11.9 Å². The molecule has 5 heteroatoms. The topological polar surface area (TPSA) is 69.6 Å². The molecule has 1 aromatic carbocycles. The van der Waals surface area contributed by atoms with E-state index in [0.717, 1.165) is 22.6 Å². The van der Waals surface area contributed by atoms with Gasteiger partial charge in [-0.25, -0.2) is 4.68 Å². The molecule has 88 valence electrons. The van der Waals surface area contributed by atoms with E-state index in [0.29, 0.717) is 0 Å². The lowest BCUT2D eigenvalue weighted by atomic mass is 10.2. The Bertz CT molecular complexity index is 643. The second-order valence-corrected chi connectivity index (χ2v) is 3.88. The Labute approximate surface area is 104 Å². The fraction of sp³-hybridized carbons (Fsp3) is 0. The van der Waals surface area contributed by atoms with Gasteiger partial charge in [0.15, 0.2) is 0 Å². The van der Waals surface area contributed by atoms with Gasteiger partial charge in [0.2, 0.25) is 0 Å². The molecule has 2 heterocycles. The predicted octanol–water partition coefficient (Wildman–Crippen LogP) is 1.91. The summed E-state index contributed by atoms with van der Waals surface area (Å²) in [7, 11) is 0. The van der Waals surface area contributed by atoms with Gasteiger partial charge in [0, 0.05) is 23.6 Å². The molecule has 5 nitrogen and oxygen atoms in total. The van der Waals surface area contributed by atoms with Gasteiger partial charge in [-0.3, -0.25) is 4.98 Å². The van der Waals surface area contributed by atoms with Crippen LogP contribution in [0.25, 0.3) is 16.9 Å². The summed E-state index contributed by atoms with van der Waals surface area (Å²) >= 11 is 0. The Morgan fingerprint density at radius 3 is 2.61 bits per heavy atom. The van der Waals surface area contributed by atoms with E-state index in [4.69, 9.17) is 5.73 Å². The average Bonchev–Trinajstić information content (AvgIpc) is 2.90. The summed E-state index contributed by atoms with van der Waals surface area (Å²) in [6, 6.07) is 11.3. The number of pyridine rings is 1. The van der Waals surface area contributed by atoms with Crippen molar-refractivity contribution in [2.24, 2.45) is 0 Å². The fourth-order valence-electron chi connectivity index (χ4n) is 1.66. The molecule has 0 spiro atoms.